The van der Waals surface area contributed by atoms with Gasteiger partial charge in [0.1, 0.15) is 11.4 Å². The zero-order valence-corrected chi connectivity index (χ0v) is 16.9. The number of furan rings is 1. The Hall–Kier alpha value is -2.25. The van der Waals surface area contributed by atoms with E-state index in [9.17, 15) is 4.79 Å². The molecule has 0 aliphatic heterocycles. The predicted octanol–water partition coefficient (Wildman–Crippen LogP) is 4.67. The molecule has 2 heterocycles. The summed E-state index contributed by atoms with van der Waals surface area (Å²) in [6, 6.07) is 11.1. The van der Waals surface area contributed by atoms with Crippen molar-refractivity contribution < 1.29 is 13.9 Å². The van der Waals surface area contributed by atoms with Crippen molar-refractivity contribution in [1.82, 2.24) is 14.8 Å². The lowest BCUT2D eigenvalue weighted by molar-refractivity contribution is -0.151. The summed E-state index contributed by atoms with van der Waals surface area (Å²) in [6.07, 6.45) is 1.62. The monoisotopic (exact) mass is 405 g/mol. The maximum absolute atomic E-state index is 12.0. The first-order valence-corrected chi connectivity index (χ1v) is 9.74. The highest BCUT2D eigenvalue weighted by Gasteiger charge is 2.20. The van der Waals surface area contributed by atoms with Crippen LogP contribution in [0.5, 0.6) is 0 Å². The fourth-order valence-electron chi connectivity index (χ4n) is 2.40. The topological polar surface area (TPSA) is 70.2 Å². The van der Waals surface area contributed by atoms with Crippen LogP contribution in [0.25, 0.3) is 11.4 Å². The van der Waals surface area contributed by atoms with Crippen molar-refractivity contribution in [2.24, 2.45) is 0 Å². The van der Waals surface area contributed by atoms with Crippen LogP contribution in [0.3, 0.4) is 0 Å². The molecule has 0 unspecified atom stereocenters. The Morgan fingerprint density at radius 3 is 2.59 bits per heavy atom. The second-order valence-electron chi connectivity index (χ2n) is 6.85. The lowest BCUT2D eigenvalue weighted by Crippen LogP contribution is -2.25. The van der Waals surface area contributed by atoms with Crippen LogP contribution in [0, 0.1) is 0 Å². The molecule has 0 atom stereocenters. The van der Waals surface area contributed by atoms with Crippen LogP contribution in [-0.2, 0) is 16.1 Å². The summed E-state index contributed by atoms with van der Waals surface area (Å²) in [5.41, 5.74) is 0.357. The van der Waals surface area contributed by atoms with E-state index in [1.807, 2.05) is 49.6 Å². The molecule has 6 nitrogen and oxygen atoms in total. The molecule has 0 amide bonds. The van der Waals surface area contributed by atoms with Crippen molar-refractivity contribution in [1.29, 1.82) is 0 Å². The molecule has 0 N–H and O–H groups in total. The van der Waals surface area contributed by atoms with Gasteiger partial charge in [0.15, 0.2) is 11.0 Å². The van der Waals surface area contributed by atoms with E-state index in [1.54, 1.807) is 18.4 Å². The van der Waals surface area contributed by atoms with Crippen molar-refractivity contribution >= 4 is 29.3 Å². The largest absolute Gasteiger partial charge is 0.467 e. The average molecular weight is 406 g/mol. The molecular formula is C19H20ClN3O3S. The number of aromatic nitrogens is 3. The predicted molar refractivity (Wildman–Crippen MR) is 105 cm³/mol. The lowest BCUT2D eigenvalue weighted by Gasteiger charge is -2.19. The number of hydrogen-bond acceptors (Lipinski definition) is 6. The molecule has 0 bridgehead atoms. The second-order valence-corrected chi connectivity index (χ2v) is 8.23. The molecule has 1 aromatic carbocycles. The molecule has 27 heavy (non-hydrogen) atoms. The van der Waals surface area contributed by atoms with Gasteiger partial charge < -0.3 is 9.15 Å². The van der Waals surface area contributed by atoms with Gasteiger partial charge in [-0.05, 0) is 57.2 Å². The standard InChI is InChI=1S/C19H20ClN3O3S/c1-19(2,3)26-16(24)12-27-18-22-21-17(13-6-8-14(20)9-7-13)23(18)11-15-5-4-10-25-15/h4-10H,11-12H2,1-3H3. The smallest absolute Gasteiger partial charge is 0.316 e. The van der Waals surface area contributed by atoms with E-state index in [2.05, 4.69) is 10.2 Å². The zero-order valence-electron chi connectivity index (χ0n) is 15.3. The molecule has 8 heteroatoms. The van der Waals surface area contributed by atoms with Gasteiger partial charge >= 0.3 is 5.97 Å². The Morgan fingerprint density at radius 2 is 1.96 bits per heavy atom. The van der Waals surface area contributed by atoms with Gasteiger partial charge in [0.05, 0.1) is 18.6 Å². The Kier molecular flexibility index (Phi) is 5.92. The highest BCUT2D eigenvalue weighted by atomic mass is 35.5. The number of nitrogens with zero attached hydrogens (tertiary/aromatic N) is 3. The molecule has 0 radical (unpaired) electrons. The Balaban J connectivity index is 1.84. The Bertz CT molecular complexity index is 899. The first kappa shape index (κ1) is 19.5. The number of carbonyl (C=O) groups excluding carboxylic acids is 1. The lowest BCUT2D eigenvalue weighted by atomic mass is 10.2. The van der Waals surface area contributed by atoms with Crippen LogP contribution in [0.1, 0.15) is 26.5 Å². The molecule has 3 rings (SSSR count). The minimum absolute atomic E-state index is 0.147. The van der Waals surface area contributed by atoms with E-state index >= 15 is 0 Å². The summed E-state index contributed by atoms with van der Waals surface area (Å²) in [6.45, 7) is 5.98. The maximum atomic E-state index is 12.0. The van der Waals surface area contributed by atoms with E-state index in [0.29, 0.717) is 22.5 Å². The fraction of sp³-hybridized carbons (Fsp3) is 0.316. The summed E-state index contributed by atoms with van der Waals surface area (Å²) >= 11 is 7.27. The summed E-state index contributed by atoms with van der Waals surface area (Å²) in [4.78, 5) is 12.0. The number of hydrogen-bond donors (Lipinski definition) is 0. The molecular weight excluding hydrogens is 386 g/mol. The van der Waals surface area contributed by atoms with E-state index in [4.69, 9.17) is 20.8 Å². The van der Waals surface area contributed by atoms with Crippen molar-refractivity contribution in [3.63, 3.8) is 0 Å². The molecule has 0 aliphatic rings. The maximum Gasteiger partial charge on any atom is 0.316 e. The fourth-order valence-corrected chi connectivity index (χ4v) is 3.24. The molecule has 3 aromatic rings. The Labute approximate surface area is 166 Å². The van der Waals surface area contributed by atoms with Crippen molar-refractivity contribution in [3.05, 3.63) is 53.4 Å². The zero-order chi connectivity index (χ0) is 19.4. The minimum Gasteiger partial charge on any atom is -0.467 e. The molecule has 2 aromatic heterocycles. The van der Waals surface area contributed by atoms with Crippen LogP contribution >= 0.6 is 23.4 Å². The van der Waals surface area contributed by atoms with E-state index in [0.717, 1.165) is 11.3 Å². The van der Waals surface area contributed by atoms with E-state index < -0.39 is 5.60 Å². The third-order valence-corrected chi connectivity index (χ3v) is 4.64. The van der Waals surface area contributed by atoms with Gasteiger partial charge in [-0.3, -0.25) is 9.36 Å². The normalized spacial score (nSPS) is 11.6. The number of esters is 1. The van der Waals surface area contributed by atoms with E-state index in [1.165, 1.54) is 11.8 Å². The van der Waals surface area contributed by atoms with Crippen molar-refractivity contribution in [2.45, 2.75) is 38.1 Å². The van der Waals surface area contributed by atoms with Gasteiger partial charge in [0, 0.05) is 10.6 Å². The number of benzene rings is 1. The SMILES string of the molecule is CC(C)(C)OC(=O)CSc1nnc(-c2ccc(Cl)cc2)n1Cc1ccco1. The van der Waals surface area contributed by atoms with Crippen molar-refractivity contribution in [2.75, 3.05) is 5.75 Å². The van der Waals surface area contributed by atoms with Crippen molar-refractivity contribution in [3.8, 4) is 11.4 Å². The van der Waals surface area contributed by atoms with Gasteiger partial charge in [-0.15, -0.1) is 10.2 Å². The minimum atomic E-state index is -0.520. The number of ether oxygens (including phenoxy) is 1. The molecule has 0 spiro atoms. The number of thioether (sulfide) groups is 1. The number of carbonyl (C=O) groups is 1. The third-order valence-electron chi connectivity index (χ3n) is 3.45. The van der Waals surface area contributed by atoms with Gasteiger partial charge in [-0.1, -0.05) is 23.4 Å². The van der Waals surface area contributed by atoms with Gasteiger partial charge in [0.2, 0.25) is 0 Å². The van der Waals surface area contributed by atoms with E-state index in [-0.39, 0.29) is 11.7 Å². The molecule has 0 aliphatic carbocycles. The van der Waals surface area contributed by atoms with Gasteiger partial charge in [-0.25, -0.2) is 0 Å². The molecule has 142 valence electrons. The Morgan fingerprint density at radius 1 is 1.22 bits per heavy atom. The van der Waals surface area contributed by atoms with Gasteiger partial charge in [-0.2, -0.15) is 0 Å². The first-order chi connectivity index (χ1) is 12.8. The third kappa shape index (κ3) is 5.37. The first-order valence-electron chi connectivity index (χ1n) is 8.38. The van der Waals surface area contributed by atoms with Crippen LogP contribution in [0.2, 0.25) is 5.02 Å². The summed E-state index contributed by atoms with van der Waals surface area (Å²) in [5, 5.41) is 9.82. The van der Waals surface area contributed by atoms with Crippen LogP contribution in [0.4, 0.5) is 0 Å². The van der Waals surface area contributed by atoms with Crippen LogP contribution in [0.15, 0.2) is 52.2 Å². The van der Waals surface area contributed by atoms with Crippen LogP contribution < -0.4 is 0 Å². The number of rotatable bonds is 6. The molecule has 0 saturated carbocycles. The highest BCUT2D eigenvalue weighted by molar-refractivity contribution is 7.99. The van der Waals surface area contributed by atoms with Crippen LogP contribution in [-0.4, -0.2) is 32.1 Å². The quantitative estimate of drug-likeness (QED) is 0.438. The highest BCUT2D eigenvalue weighted by Crippen LogP contribution is 2.26. The molecule has 0 fully saturated rings. The summed E-state index contributed by atoms with van der Waals surface area (Å²) < 4.78 is 12.7. The summed E-state index contributed by atoms with van der Waals surface area (Å²) in [7, 11) is 0. The molecule has 0 saturated heterocycles. The summed E-state index contributed by atoms with van der Waals surface area (Å²) in [5.74, 6) is 1.29. The average Bonchev–Trinajstić information content (AvgIpc) is 3.23. The number of halogens is 1. The van der Waals surface area contributed by atoms with Gasteiger partial charge in [0.25, 0.3) is 0 Å². The second kappa shape index (κ2) is 8.19.